The summed E-state index contributed by atoms with van der Waals surface area (Å²) in [5, 5.41) is 13.4. The minimum Gasteiger partial charge on any atom is -0.358 e. The number of thioether (sulfide) groups is 2. The standard InChI is InChI=1S/C22H30FN7OS2/c1-14(10-25-21-26-12-15(32-3)13-27-21)11-28-22(2)29-18-9-17(23)16(8-19(18)33-22)20(31)30-6-4-24-5-7-30/h8-9,12-14,24,28-29H,4-7,10-11H2,1-3H3,(H,25,26,27)/t14-,22?/m0/s1. The summed E-state index contributed by atoms with van der Waals surface area (Å²) in [5.41, 5.74) is 0.844. The maximum absolute atomic E-state index is 14.8. The molecule has 0 saturated carbocycles. The zero-order valence-corrected chi connectivity index (χ0v) is 20.7. The van der Waals surface area contributed by atoms with Crippen molar-refractivity contribution in [3.05, 3.63) is 35.9 Å². The Hall–Kier alpha value is -2.08. The number of piperazine rings is 1. The molecule has 3 heterocycles. The van der Waals surface area contributed by atoms with Crippen molar-refractivity contribution in [1.82, 2.24) is 25.5 Å². The molecule has 1 aromatic heterocycles. The number of aromatic nitrogens is 2. The zero-order chi connectivity index (χ0) is 23.4. The Labute approximate surface area is 202 Å². The van der Waals surface area contributed by atoms with E-state index in [1.54, 1.807) is 46.9 Å². The van der Waals surface area contributed by atoms with Crippen molar-refractivity contribution >= 4 is 41.1 Å². The van der Waals surface area contributed by atoms with E-state index in [1.807, 2.05) is 13.2 Å². The Morgan fingerprint density at radius 3 is 2.73 bits per heavy atom. The van der Waals surface area contributed by atoms with Crippen LogP contribution >= 0.6 is 23.5 Å². The molecule has 0 aliphatic carbocycles. The molecule has 178 valence electrons. The van der Waals surface area contributed by atoms with Crippen LogP contribution in [-0.2, 0) is 0 Å². The van der Waals surface area contributed by atoms with Crippen molar-refractivity contribution in [2.45, 2.75) is 28.6 Å². The lowest BCUT2D eigenvalue weighted by atomic mass is 10.1. The molecule has 0 bridgehead atoms. The maximum atomic E-state index is 14.8. The van der Waals surface area contributed by atoms with Gasteiger partial charge in [-0.25, -0.2) is 14.4 Å². The summed E-state index contributed by atoms with van der Waals surface area (Å²) >= 11 is 3.18. The van der Waals surface area contributed by atoms with Gasteiger partial charge in [-0.2, -0.15) is 0 Å². The van der Waals surface area contributed by atoms with E-state index in [2.05, 4.69) is 38.2 Å². The van der Waals surface area contributed by atoms with Gasteiger partial charge in [0.2, 0.25) is 5.95 Å². The highest BCUT2D eigenvalue weighted by Crippen LogP contribution is 2.45. The first-order chi connectivity index (χ1) is 15.9. The number of nitrogens with one attached hydrogen (secondary N) is 4. The molecule has 2 atom stereocenters. The molecule has 1 amide bonds. The van der Waals surface area contributed by atoms with Gasteiger partial charge in [0.15, 0.2) is 0 Å². The van der Waals surface area contributed by atoms with E-state index in [1.165, 1.54) is 6.07 Å². The first-order valence-electron chi connectivity index (χ1n) is 11.0. The molecular weight excluding hydrogens is 461 g/mol. The number of hydrogen-bond acceptors (Lipinski definition) is 9. The van der Waals surface area contributed by atoms with E-state index in [0.717, 1.165) is 36.0 Å². The zero-order valence-electron chi connectivity index (χ0n) is 19.1. The molecule has 1 unspecified atom stereocenters. The smallest absolute Gasteiger partial charge is 0.256 e. The third-order valence-corrected chi connectivity index (χ3v) is 7.55. The van der Waals surface area contributed by atoms with E-state index in [0.29, 0.717) is 30.6 Å². The second-order valence-corrected chi connectivity index (χ2v) is 10.8. The van der Waals surface area contributed by atoms with E-state index in [4.69, 9.17) is 0 Å². The normalized spacial score (nSPS) is 20.8. The molecule has 4 rings (SSSR count). The molecule has 33 heavy (non-hydrogen) atoms. The summed E-state index contributed by atoms with van der Waals surface area (Å²) in [5.74, 6) is 0.188. The summed E-state index contributed by atoms with van der Waals surface area (Å²) in [6.07, 6.45) is 5.61. The van der Waals surface area contributed by atoms with Crippen molar-refractivity contribution < 1.29 is 9.18 Å². The van der Waals surface area contributed by atoms with Gasteiger partial charge in [-0.3, -0.25) is 10.1 Å². The summed E-state index contributed by atoms with van der Waals surface area (Å²) in [6, 6.07) is 3.12. The second kappa shape index (κ2) is 10.5. The minimum atomic E-state index is -0.490. The molecule has 2 aromatic rings. The van der Waals surface area contributed by atoms with Crippen LogP contribution in [0, 0.1) is 11.7 Å². The molecule has 4 N–H and O–H groups in total. The molecule has 1 fully saturated rings. The van der Waals surface area contributed by atoms with Crippen molar-refractivity contribution in [3.63, 3.8) is 0 Å². The Bertz CT molecular complexity index is 987. The molecule has 1 aromatic carbocycles. The molecule has 8 nitrogen and oxygen atoms in total. The first-order valence-corrected chi connectivity index (χ1v) is 13.1. The Morgan fingerprint density at radius 2 is 2.03 bits per heavy atom. The van der Waals surface area contributed by atoms with Crippen LogP contribution in [0.3, 0.4) is 0 Å². The summed E-state index contributed by atoms with van der Waals surface area (Å²) in [4.78, 5) is 24.6. The van der Waals surface area contributed by atoms with Crippen LogP contribution in [0.15, 0.2) is 34.3 Å². The van der Waals surface area contributed by atoms with Crippen molar-refractivity contribution in [1.29, 1.82) is 0 Å². The highest BCUT2D eigenvalue weighted by Gasteiger charge is 2.35. The number of halogens is 1. The van der Waals surface area contributed by atoms with Gasteiger partial charge in [0.25, 0.3) is 5.91 Å². The molecule has 11 heteroatoms. The van der Waals surface area contributed by atoms with Gasteiger partial charge in [0.05, 0.1) is 11.3 Å². The van der Waals surface area contributed by atoms with Crippen LogP contribution in [0.25, 0.3) is 0 Å². The monoisotopic (exact) mass is 491 g/mol. The van der Waals surface area contributed by atoms with Crippen LogP contribution in [0.2, 0.25) is 0 Å². The summed E-state index contributed by atoms with van der Waals surface area (Å²) in [6.45, 7) is 8.27. The third kappa shape index (κ3) is 5.89. The van der Waals surface area contributed by atoms with E-state index >= 15 is 0 Å². The van der Waals surface area contributed by atoms with Crippen LogP contribution in [0.5, 0.6) is 0 Å². The lowest BCUT2D eigenvalue weighted by Crippen LogP contribution is -2.46. The summed E-state index contributed by atoms with van der Waals surface area (Å²) < 4.78 is 14.8. The maximum Gasteiger partial charge on any atom is 0.256 e. The van der Waals surface area contributed by atoms with E-state index in [-0.39, 0.29) is 11.5 Å². The van der Waals surface area contributed by atoms with Gasteiger partial charge in [-0.1, -0.05) is 18.7 Å². The fourth-order valence-electron chi connectivity index (χ4n) is 3.74. The van der Waals surface area contributed by atoms with E-state index < -0.39 is 10.8 Å². The number of carbonyl (C=O) groups excluding carboxylic acids is 1. The van der Waals surface area contributed by atoms with Crippen molar-refractivity contribution in [2.75, 3.05) is 56.2 Å². The number of anilines is 2. The molecule has 2 aliphatic rings. The van der Waals surface area contributed by atoms with Gasteiger partial charge in [-0.05, 0) is 31.2 Å². The Balaban J connectivity index is 1.32. The Morgan fingerprint density at radius 1 is 1.30 bits per heavy atom. The van der Waals surface area contributed by atoms with Gasteiger partial charge < -0.3 is 20.9 Å². The lowest BCUT2D eigenvalue weighted by molar-refractivity contribution is 0.0731. The molecule has 1 saturated heterocycles. The molecule has 0 spiro atoms. The third-order valence-electron chi connectivity index (χ3n) is 5.65. The first kappa shape index (κ1) is 24.1. The lowest BCUT2D eigenvalue weighted by Gasteiger charge is -2.27. The average molecular weight is 492 g/mol. The Kier molecular flexibility index (Phi) is 7.62. The number of amides is 1. The van der Waals surface area contributed by atoms with Crippen LogP contribution in [0.4, 0.5) is 16.0 Å². The minimum absolute atomic E-state index is 0.138. The van der Waals surface area contributed by atoms with Gasteiger partial charge in [-0.15, -0.1) is 11.8 Å². The van der Waals surface area contributed by atoms with Crippen LogP contribution < -0.4 is 21.3 Å². The van der Waals surface area contributed by atoms with Crippen LogP contribution in [0.1, 0.15) is 24.2 Å². The van der Waals surface area contributed by atoms with Gasteiger partial charge in [0.1, 0.15) is 10.8 Å². The number of carbonyl (C=O) groups is 1. The van der Waals surface area contributed by atoms with E-state index in [9.17, 15) is 9.18 Å². The number of nitrogens with zero attached hydrogens (tertiary/aromatic N) is 3. The quantitative estimate of drug-likeness (QED) is 0.416. The largest absolute Gasteiger partial charge is 0.358 e. The van der Waals surface area contributed by atoms with Crippen molar-refractivity contribution in [2.24, 2.45) is 5.92 Å². The van der Waals surface area contributed by atoms with Gasteiger partial charge in [0, 0.05) is 61.5 Å². The number of rotatable bonds is 8. The molecular formula is C22H30FN7OS2. The highest BCUT2D eigenvalue weighted by molar-refractivity contribution is 8.01. The number of hydrogen-bond donors (Lipinski definition) is 4. The highest BCUT2D eigenvalue weighted by atomic mass is 32.2. The number of fused-ring (bicyclic) bond motifs is 1. The molecule has 0 radical (unpaired) electrons. The molecule has 2 aliphatic heterocycles. The average Bonchev–Trinajstić information content (AvgIpc) is 3.16. The fraction of sp³-hybridized carbons (Fsp3) is 0.500. The predicted octanol–water partition coefficient (Wildman–Crippen LogP) is 2.91. The van der Waals surface area contributed by atoms with Crippen LogP contribution in [-0.4, -0.2) is 71.3 Å². The van der Waals surface area contributed by atoms with Crippen molar-refractivity contribution in [3.8, 4) is 0 Å². The predicted molar refractivity (Wildman–Crippen MR) is 133 cm³/mol. The SMILES string of the molecule is CSc1cnc(NC[C@H](C)CNC2(C)Nc3cc(F)c(C(=O)N4CCNCC4)cc3S2)nc1. The summed E-state index contributed by atoms with van der Waals surface area (Å²) in [7, 11) is 0. The fourth-order valence-corrected chi connectivity index (χ4v) is 5.21. The van der Waals surface area contributed by atoms with Gasteiger partial charge >= 0.3 is 0 Å². The second-order valence-electron chi connectivity index (χ2n) is 8.44. The topological polar surface area (TPSA) is 94.2 Å². The number of benzene rings is 1.